The van der Waals surface area contributed by atoms with Gasteiger partial charge in [0, 0.05) is 30.0 Å². The maximum atomic E-state index is 10.6. The van der Waals surface area contributed by atoms with Gasteiger partial charge >= 0.3 is 0 Å². The lowest BCUT2D eigenvalue weighted by Gasteiger charge is -2.14. The monoisotopic (exact) mass is 289 g/mol. The number of methoxy groups -OCH3 is 3. The van der Waals surface area contributed by atoms with Crippen LogP contribution in [0.5, 0.6) is 28.9 Å². The van der Waals surface area contributed by atoms with Crippen molar-refractivity contribution in [1.82, 2.24) is 4.98 Å². The highest BCUT2D eigenvalue weighted by molar-refractivity contribution is 5.74. The topological polar surface area (TPSA) is 66.9 Å². The molecule has 1 aromatic carbocycles. The molecule has 110 valence electrons. The molecule has 0 amide bonds. The first-order chi connectivity index (χ1) is 10.2. The molecule has 0 aliphatic rings. The van der Waals surface area contributed by atoms with Crippen LogP contribution in [0.25, 0.3) is 0 Å². The van der Waals surface area contributed by atoms with Crippen molar-refractivity contribution in [3.63, 3.8) is 0 Å². The maximum Gasteiger partial charge on any atom is 0.219 e. The van der Waals surface area contributed by atoms with E-state index in [1.54, 1.807) is 24.3 Å². The fourth-order valence-corrected chi connectivity index (χ4v) is 1.76. The molecule has 0 N–H and O–H groups in total. The SMILES string of the molecule is COc1cc(Oc2ccc(C=O)cn2)cc(OC)c1OC. The molecule has 0 radical (unpaired) electrons. The van der Waals surface area contributed by atoms with Gasteiger partial charge in [-0.1, -0.05) is 0 Å². The standard InChI is InChI=1S/C15H15NO5/c1-18-12-6-11(7-13(19-2)15(12)20-3)21-14-5-4-10(9-17)8-16-14/h4-9H,1-3H3. The summed E-state index contributed by atoms with van der Waals surface area (Å²) in [4.78, 5) is 14.6. The van der Waals surface area contributed by atoms with E-state index in [2.05, 4.69) is 4.98 Å². The van der Waals surface area contributed by atoms with Crippen LogP contribution in [0.2, 0.25) is 0 Å². The molecule has 1 aromatic heterocycles. The van der Waals surface area contributed by atoms with E-state index in [0.29, 0.717) is 34.4 Å². The van der Waals surface area contributed by atoms with Crippen LogP contribution in [0.4, 0.5) is 0 Å². The van der Waals surface area contributed by atoms with E-state index < -0.39 is 0 Å². The first-order valence-corrected chi connectivity index (χ1v) is 6.11. The zero-order chi connectivity index (χ0) is 15.2. The van der Waals surface area contributed by atoms with Crippen LogP contribution in [0, 0.1) is 0 Å². The number of hydrogen-bond acceptors (Lipinski definition) is 6. The fourth-order valence-electron chi connectivity index (χ4n) is 1.76. The number of ether oxygens (including phenoxy) is 4. The number of benzene rings is 1. The van der Waals surface area contributed by atoms with Gasteiger partial charge in [0.1, 0.15) is 5.75 Å². The maximum absolute atomic E-state index is 10.6. The van der Waals surface area contributed by atoms with Gasteiger partial charge in [0.05, 0.1) is 21.3 Å². The van der Waals surface area contributed by atoms with E-state index in [1.165, 1.54) is 27.5 Å². The summed E-state index contributed by atoms with van der Waals surface area (Å²) in [6.45, 7) is 0. The summed E-state index contributed by atoms with van der Waals surface area (Å²) in [7, 11) is 4.58. The molecular formula is C15H15NO5. The Morgan fingerprint density at radius 2 is 1.67 bits per heavy atom. The van der Waals surface area contributed by atoms with Crippen molar-refractivity contribution in [2.75, 3.05) is 21.3 Å². The predicted molar refractivity (Wildman–Crippen MR) is 75.8 cm³/mol. The quantitative estimate of drug-likeness (QED) is 0.762. The van der Waals surface area contributed by atoms with Gasteiger partial charge in [-0.3, -0.25) is 4.79 Å². The third kappa shape index (κ3) is 3.22. The predicted octanol–water partition coefficient (Wildman–Crippen LogP) is 2.71. The summed E-state index contributed by atoms with van der Waals surface area (Å²) in [6, 6.07) is 6.55. The Labute approximate surface area is 122 Å². The van der Waals surface area contributed by atoms with Crippen molar-refractivity contribution in [3.05, 3.63) is 36.0 Å². The number of aldehydes is 1. The highest BCUT2D eigenvalue weighted by Crippen LogP contribution is 2.41. The summed E-state index contributed by atoms with van der Waals surface area (Å²) < 4.78 is 21.3. The Kier molecular flexibility index (Phi) is 4.61. The minimum Gasteiger partial charge on any atom is -0.493 e. The molecule has 0 saturated carbocycles. The number of hydrogen-bond donors (Lipinski definition) is 0. The van der Waals surface area contributed by atoms with Crippen molar-refractivity contribution in [2.45, 2.75) is 0 Å². The molecule has 21 heavy (non-hydrogen) atoms. The van der Waals surface area contributed by atoms with Gasteiger partial charge in [-0.2, -0.15) is 0 Å². The van der Waals surface area contributed by atoms with E-state index in [1.807, 2.05) is 0 Å². The van der Waals surface area contributed by atoms with E-state index in [4.69, 9.17) is 18.9 Å². The lowest BCUT2D eigenvalue weighted by atomic mass is 10.2. The van der Waals surface area contributed by atoms with Gasteiger partial charge in [0.15, 0.2) is 17.8 Å². The van der Waals surface area contributed by atoms with Gasteiger partial charge < -0.3 is 18.9 Å². The van der Waals surface area contributed by atoms with E-state index in [9.17, 15) is 4.79 Å². The Hall–Kier alpha value is -2.76. The van der Waals surface area contributed by atoms with Crippen LogP contribution in [0.15, 0.2) is 30.5 Å². The van der Waals surface area contributed by atoms with Crippen molar-refractivity contribution in [2.24, 2.45) is 0 Å². The Morgan fingerprint density at radius 1 is 1.00 bits per heavy atom. The average Bonchev–Trinajstić information content (AvgIpc) is 2.54. The Morgan fingerprint density at radius 3 is 2.10 bits per heavy atom. The molecule has 0 aliphatic heterocycles. The molecular weight excluding hydrogens is 274 g/mol. The molecule has 0 bridgehead atoms. The lowest BCUT2D eigenvalue weighted by molar-refractivity contribution is 0.112. The molecule has 6 heteroatoms. The van der Waals surface area contributed by atoms with Crippen molar-refractivity contribution in [1.29, 1.82) is 0 Å². The average molecular weight is 289 g/mol. The van der Waals surface area contributed by atoms with E-state index in [0.717, 1.165) is 6.29 Å². The molecule has 2 rings (SSSR count). The highest BCUT2D eigenvalue weighted by Gasteiger charge is 2.14. The second-order valence-corrected chi connectivity index (χ2v) is 4.01. The smallest absolute Gasteiger partial charge is 0.219 e. The first kappa shape index (κ1) is 14.6. The molecule has 0 unspecified atom stereocenters. The number of rotatable bonds is 6. The molecule has 1 heterocycles. The van der Waals surface area contributed by atoms with Gasteiger partial charge in [-0.15, -0.1) is 0 Å². The summed E-state index contributed by atoms with van der Waals surface area (Å²) in [5, 5.41) is 0. The van der Waals surface area contributed by atoms with Crippen molar-refractivity contribution < 1.29 is 23.7 Å². The normalized spacial score (nSPS) is 9.86. The molecule has 0 spiro atoms. The number of aromatic nitrogens is 1. The molecule has 0 saturated heterocycles. The van der Waals surface area contributed by atoms with Gasteiger partial charge in [-0.25, -0.2) is 4.98 Å². The van der Waals surface area contributed by atoms with Gasteiger partial charge in [0.25, 0.3) is 0 Å². The molecule has 0 aliphatic carbocycles. The minimum atomic E-state index is 0.356. The second kappa shape index (κ2) is 6.60. The van der Waals surface area contributed by atoms with Crippen molar-refractivity contribution in [3.8, 4) is 28.9 Å². The third-order valence-electron chi connectivity index (χ3n) is 2.76. The van der Waals surface area contributed by atoms with Crippen LogP contribution in [0.1, 0.15) is 10.4 Å². The van der Waals surface area contributed by atoms with E-state index >= 15 is 0 Å². The number of nitrogens with zero attached hydrogens (tertiary/aromatic N) is 1. The van der Waals surface area contributed by atoms with Crippen LogP contribution in [0.3, 0.4) is 0 Å². The summed E-state index contributed by atoms with van der Waals surface area (Å²) in [5.74, 6) is 2.29. The number of pyridine rings is 1. The van der Waals surface area contributed by atoms with E-state index in [-0.39, 0.29) is 0 Å². The third-order valence-corrected chi connectivity index (χ3v) is 2.76. The van der Waals surface area contributed by atoms with Gasteiger partial charge in [0.2, 0.25) is 11.6 Å². The first-order valence-electron chi connectivity index (χ1n) is 6.11. The van der Waals surface area contributed by atoms with Crippen LogP contribution in [-0.4, -0.2) is 32.6 Å². The highest BCUT2D eigenvalue weighted by atomic mass is 16.5. The summed E-state index contributed by atoms with van der Waals surface area (Å²) >= 11 is 0. The molecule has 0 atom stereocenters. The summed E-state index contributed by atoms with van der Waals surface area (Å²) in [6.07, 6.45) is 2.15. The minimum absolute atomic E-state index is 0.356. The van der Waals surface area contributed by atoms with Crippen molar-refractivity contribution >= 4 is 6.29 Å². The number of carbonyl (C=O) groups excluding carboxylic acids is 1. The Bertz CT molecular complexity index is 599. The number of carbonyl (C=O) groups is 1. The van der Waals surface area contributed by atoms with Crippen LogP contribution in [-0.2, 0) is 0 Å². The zero-order valence-electron chi connectivity index (χ0n) is 12.0. The molecule has 0 fully saturated rings. The van der Waals surface area contributed by atoms with Crippen LogP contribution >= 0.6 is 0 Å². The lowest BCUT2D eigenvalue weighted by Crippen LogP contribution is -1.96. The Balaban J connectivity index is 2.32. The fraction of sp³-hybridized carbons (Fsp3) is 0.200. The largest absolute Gasteiger partial charge is 0.493 e. The molecule has 2 aromatic rings. The van der Waals surface area contributed by atoms with Gasteiger partial charge in [-0.05, 0) is 6.07 Å². The van der Waals surface area contributed by atoms with Crippen LogP contribution < -0.4 is 18.9 Å². The molecule has 6 nitrogen and oxygen atoms in total. The summed E-state index contributed by atoms with van der Waals surface area (Å²) in [5.41, 5.74) is 0.479. The second-order valence-electron chi connectivity index (χ2n) is 4.01. The zero-order valence-corrected chi connectivity index (χ0v) is 12.0.